The molecule has 1 N–H and O–H groups in total. The number of halogens is 4. The Labute approximate surface area is 108 Å². The highest BCUT2D eigenvalue weighted by molar-refractivity contribution is 5.47. The molecule has 1 aliphatic rings. The highest BCUT2D eigenvalue weighted by Gasteiger charge is 2.49. The van der Waals surface area contributed by atoms with Crippen LogP contribution in [-0.2, 0) is 4.74 Å². The molecule has 0 amide bonds. The van der Waals surface area contributed by atoms with Crippen LogP contribution in [0.3, 0.4) is 0 Å². The van der Waals surface area contributed by atoms with Gasteiger partial charge >= 0.3 is 0 Å². The normalized spacial score (nSPS) is 25.0. The molecular weight excluding hydrogens is 264 g/mol. The number of hydrogen-bond donors (Lipinski definition) is 1. The number of anilines is 1. The van der Waals surface area contributed by atoms with Crippen LogP contribution in [0.15, 0.2) is 0 Å². The zero-order chi connectivity index (χ0) is 14.4. The third kappa shape index (κ3) is 2.16. The highest BCUT2D eigenvalue weighted by Crippen LogP contribution is 2.44. The second kappa shape index (κ2) is 4.63. The summed E-state index contributed by atoms with van der Waals surface area (Å²) < 4.78 is 58.0. The second-order valence-electron chi connectivity index (χ2n) is 5.17. The van der Waals surface area contributed by atoms with E-state index in [0.717, 1.165) is 0 Å². The SMILES string of the molecule is COC1CC(Nc2c(F)c(F)nc(F)c2F)C1(C)C. The van der Waals surface area contributed by atoms with Crippen molar-refractivity contribution in [3.05, 3.63) is 23.5 Å². The average molecular weight is 278 g/mol. The number of hydrogen-bond acceptors (Lipinski definition) is 3. The van der Waals surface area contributed by atoms with Crippen LogP contribution in [0, 0.1) is 28.9 Å². The van der Waals surface area contributed by atoms with Crippen molar-refractivity contribution in [1.82, 2.24) is 4.98 Å². The third-order valence-electron chi connectivity index (χ3n) is 3.78. The van der Waals surface area contributed by atoms with Gasteiger partial charge in [0.25, 0.3) is 11.9 Å². The van der Waals surface area contributed by atoms with E-state index in [2.05, 4.69) is 10.3 Å². The van der Waals surface area contributed by atoms with E-state index >= 15 is 0 Å². The van der Waals surface area contributed by atoms with Gasteiger partial charge in [-0.15, -0.1) is 0 Å². The van der Waals surface area contributed by atoms with Gasteiger partial charge in [-0.25, -0.2) is 0 Å². The van der Waals surface area contributed by atoms with E-state index in [1.54, 1.807) is 0 Å². The number of methoxy groups -OCH3 is 1. The maximum atomic E-state index is 13.5. The molecule has 3 nitrogen and oxygen atoms in total. The monoisotopic (exact) mass is 278 g/mol. The van der Waals surface area contributed by atoms with E-state index in [-0.39, 0.29) is 12.1 Å². The van der Waals surface area contributed by atoms with Gasteiger partial charge in [-0.2, -0.15) is 22.5 Å². The van der Waals surface area contributed by atoms with Crippen molar-refractivity contribution < 1.29 is 22.3 Å². The molecule has 1 saturated carbocycles. The minimum atomic E-state index is -1.66. The second-order valence-corrected chi connectivity index (χ2v) is 5.17. The Morgan fingerprint density at radius 2 is 1.68 bits per heavy atom. The molecule has 0 radical (unpaired) electrons. The fraction of sp³-hybridized carbons (Fsp3) is 0.583. The van der Waals surface area contributed by atoms with Crippen LogP contribution in [0.5, 0.6) is 0 Å². The summed E-state index contributed by atoms with van der Waals surface area (Å²) in [5.74, 6) is -6.37. The van der Waals surface area contributed by atoms with Crippen molar-refractivity contribution >= 4 is 5.69 Å². The van der Waals surface area contributed by atoms with E-state index in [1.807, 2.05) is 13.8 Å². The summed E-state index contributed by atoms with van der Waals surface area (Å²) in [5, 5.41) is 2.50. The lowest BCUT2D eigenvalue weighted by Gasteiger charge is -2.51. The molecule has 0 aromatic carbocycles. The van der Waals surface area contributed by atoms with Crippen LogP contribution >= 0.6 is 0 Å². The van der Waals surface area contributed by atoms with Crippen LogP contribution in [0.4, 0.5) is 23.2 Å². The van der Waals surface area contributed by atoms with Gasteiger partial charge in [0, 0.05) is 18.6 Å². The summed E-state index contributed by atoms with van der Waals surface area (Å²) in [5.41, 5.74) is -1.22. The van der Waals surface area contributed by atoms with Crippen molar-refractivity contribution in [3.63, 3.8) is 0 Å². The lowest BCUT2D eigenvalue weighted by Crippen LogP contribution is -2.57. The van der Waals surface area contributed by atoms with Crippen LogP contribution < -0.4 is 5.32 Å². The first-order chi connectivity index (χ1) is 8.78. The van der Waals surface area contributed by atoms with Crippen molar-refractivity contribution in [3.8, 4) is 0 Å². The van der Waals surface area contributed by atoms with Crippen LogP contribution in [0.2, 0.25) is 0 Å². The first-order valence-electron chi connectivity index (χ1n) is 5.78. The standard InChI is InChI=1S/C12H14F4N2O/c1-12(2)5(4-6(12)19-3)17-9-7(13)10(15)18-11(16)8(9)14/h5-6H,4H2,1-3H3,(H,17,18). The minimum Gasteiger partial charge on any atom is -0.381 e. The number of rotatable bonds is 3. The third-order valence-corrected chi connectivity index (χ3v) is 3.78. The summed E-state index contributed by atoms with van der Waals surface area (Å²) in [4.78, 5) is 2.50. The van der Waals surface area contributed by atoms with Gasteiger partial charge in [-0.3, -0.25) is 0 Å². The zero-order valence-electron chi connectivity index (χ0n) is 10.7. The van der Waals surface area contributed by atoms with Gasteiger partial charge in [0.15, 0.2) is 0 Å². The Bertz CT molecular complexity index is 481. The molecule has 0 aliphatic heterocycles. The van der Waals surface area contributed by atoms with Crippen molar-refractivity contribution in [1.29, 1.82) is 0 Å². The first-order valence-corrected chi connectivity index (χ1v) is 5.78. The Hall–Kier alpha value is -1.37. The number of aromatic nitrogens is 1. The molecule has 0 bridgehead atoms. The lowest BCUT2D eigenvalue weighted by molar-refractivity contribution is -0.0796. The highest BCUT2D eigenvalue weighted by atomic mass is 19.2. The molecule has 1 aliphatic carbocycles. The molecule has 7 heteroatoms. The number of nitrogens with zero attached hydrogens (tertiary/aromatic N) is 1. The van der Waals surface area contributed by atoms with Gasteiger partial charge in [-0.05, 0) is 6.42 Å². The van der Waals surface area contributed by atoms with E-state index in [1.165, 1.54) is 7.11 Å². The molecule has 1 fully saturated rings. The Morgan fingerprint density at radius 3 is 2.11 bits per heavy atom. The number of nitrogens with one attached hydrogen (secondary N) is 1. The van der Waals surface area contributed by atoms with E-state index < -0.39 is 34.6 Å². The summed E-state index contributed by atoms with van der Waals surface area (Å²) in [6, 6.07) is -0.345. The molecule has 1 aromatic heterocycles. The van der Waals surface area contributed by atoms with Gasteiger partial charge in [-0.1, -0.05) is 13.8 Å². The molecule has 0 saturated heterocycles. The first kappa shape index (κ1) is 14.0. The van der Waals surface area contributed by atoms with Crippen LogP contribution in [0.25, 0.3) is 0 Å². The number of pyridine rings is 1. The van der Waals surface area contributed by atoms with Gasteiger partial charge < -0.3 is 10.1 Å². The zero-order valence-corrected chi connectivity index (χ0v) is 10.7. The molecule has 2 rings (SSSR count). The quantitative estimate of drug-likeness (QED) is 0.682. The molecule has 0 spiro atoms. The molecule has 2 atom stereocenters. The fourth-order valence-corrected chi connectivity index (χ4v) is 2.32. The molecule has 2 unspecified atom stereocenters. The van der Waals surface area contributed by atoms with Gasteiger partial charge in [0.2, 0.25) is 11.6 Å². The summed E-state index contributed by atoms with van der Waals surface area (Å²) in [6.45, 7) is 3.68. The average Bonchev–Trinajstić information content (AvgIpc) is 2.35. The Morgan fingerprint density at radius 1 is 1.16 bits per heavy atom. The molecule has 1 aromatic rings. The van der Waals surface area contributed by atoms with Gasteiger partial charge in [0.05, 0.1) is 6.10 Å². The predicted molar refractivity (Wildman–Crippen MR) is 60.7 cm³/mol. The van der Waals surface area contributed by atoms with Crippen molar-refractivity contribution in [2.24, 2.45) is 5.41 Å². The predicted octanol–water partition coefficient (Wildman–Crippen LogP) is 2.86. The maximum absolute atomic E-state index is 13.5. The molecular formula is C12H14F4N2O. The molecule has 106 valence electrons. The summed E-state index contributed by atoms with van der Waals surface area (Å²) in [7, 11) is 1.54. The maximum Gasteiger partial charge on any atom is 0.253 e. The van der Waals surface area contributed by atoms with Gasteiger partial charge in [0.1, 0.15) is 5.69 Å². The molecule has 1 heterocycles. The van der Waals surface area contributed by atoms with Crippen molar-refractivity contribution in [2.75, 3.05) is 12.4 Å². The molecule has 19 heavy (non-hydrogen) atoms. The van der Waals surface area contributed by atoms with Crippen LogP contribution in [-0.4, -0.2) is 24.2 Å². The smallest absolute Gasteiger partial charge is 0.253 e. The minimum absolute atomic E-state index is 0.0762. The fourth-order valence-electron chi connectivity index (χ4n) is 2.32. The Balaban J connectivity index is 2.26. The van der Waals surface area contributed by atoms with Crippen LogP contribution in [0.1, 0.15) is 20.3 Å². The summed E-state index contributed by atoms with van der Waals surface area (Å²) >= 11 is 0. The van der Waals surface area contributed by atoms with E-state index in [4.69, 9.17) is 4.74 Å². The number of ether oxygens (including phenoxy) is 1. The summed E-state index contributed by atoms with van der Waals surface area (Å²) in [6.07, 6.45) is 0.418. The van der Waals surface area contributed by atoms with Crippen molar-refractivity contribution in [2.45, 2.75) is 32.4 Å². The van der Waals surface area contributed by atoms with E-state index in [9.17, 15) is 17.6 Å². The largest absolute Gasteiger partial charge is 0.381 e. The lowest BCUT2D eigenvalue weighted by atomic mass is 9.64. The topological polar surface area (TPSA) is 34.1 Å². The van der Waals surface area contributed by atoms with E-state index in [0.29, 0.717) is 6.42 Å². The Kier molecular flexibility index (Phi) is 3.42.